The van der Waals surface area contributed by atoms with Crippen molar-refractivity contribution in [1.29, 1.82) is 0 Å². The first-order valence-electron chi connectivity index (χ1n) is 4.65. The van der Waals surface area contributed by atoms with Crippen molar-refractivity contribution >= 4 is 41.6 Å². The highest BCUT2D eigenvalue weighted by Gasteiger charge is 2.10. The number of halogens is 3. The molecule has 0 heterocycles. The van der Waals surface area contributed by atoms with Crippen molar-refractivity contribution in [2.24, 2.45) is 0 Å². The van der Waals surface area contributed by atoms with Gasteiger partial charge in [0.15, 0.2) is 0 Å². The van der Waals surface area contributed by atoms with Crippen LogP contribution in [0.1, 0.15) is 0 Å². The van der Waals surface area contributed by atoms with Crippen molar-refractivity contribution in [1.82, 2.24) is 0 Å². The Kier molecular flexibility index (Phi) is 4.12. The van der Waals surface area contributed by atoms with Gasteiger partial charge in [-0.25, -0.2) is 4.39 Å². The number of benzene rings is 2. The lowest BCUT2D eigenvalue weighted by Gasteiger charge is -2.07. The summed E-state index contributed by atoms with van der Waals surface area (Å²) < 4.78 is 13.5. The Morgan fingerprint density at radius 2 is 1.56 bits per heavy atom. The minimum Gasteiger partial charge on any atom is -0.206 e. The smallest absolute Gasteiger partial charge is 0.132 e. The molecule has 0 N–H and O–H groups in total. The van der Waals surface area contributed by atoms with Crippen molar-refractivity contribution in [2.75, 3.05) is 0 Å². The van der Waals surface area contributed by atoms with E-state index in [2.05, 4.69) is 31.0 Å². The summed E-state index contributed by atoms with van der Waals surface area (Å²) in [5, 5.41) is -0.0958. The Morgan fingerprint density at radius 1 is 0.875 bits per heavy atom. The third-order valence-corrected chi connectivity index (χ3v) is 5.23. The van der Waals surface area contributed by atoms with E-state index in [-0.39, 0.29) is 5.82 Å². The zero-order valence-electron chi connectivity index (χ0n) is 8.20. The Labute approximate surface area is 111 Å². The van der Waals surface area contributed by atoms with Crippen molar-refractivity contribution in [3.05, 3.63) is 54.3 Å². The molecule has 0 amide bonds. The molecule has 0 aliphatic rings. The van der Waals surface area contributed by atoms with Crippen molar-refractivity contribution < 1.29 is 4.39 Å². The standard InChI is InChI=1S/C12H8Br2FP/c13-16(14)12-8-10(6-7-11(12)15)9-4-2-1-3-5-9/h1-8H. The van der Waals surface area contributed by atoms with E-state index in [0.717, 1.165) is 11.1 Å². The minimum absolute atomic E-state index is 0.181. The Bertz CT molecular complexity index is 486. The first-order valence-corrected chi connectivity index (χ1v) is 10.0. The lowest BCUT2D eigenvalue weighted by molar-refractivity contribution is 0.636. The van der Waals surface area contributed by atoms with Crippen LogP contribution >= 0.6 is 36.3 Å². The second-order valence-corrected chi connectivity index (χ2v) is 11.3. The van der Waals surface area contributed by atoms with Crippen LogP contribution < -0.4 is 5.30 Å². The maximum atomic E-state index is 13.5. The zero-order valence-corrected chi connectivity index (χ0v) is 12.3. The quantitative estimate of drug-likeness (QED) is 0.643. The third kappa shape index (κ3) is 2.71. The maximum absolute atomic E-state index is 13.5. The molecule has 4 heteroatoms. The summed E-state index contributed by atoms with van der Waals surface area (Å²) in [6.45, 7) is 0. The van der Waals surface area contributed by atoms with Gasteiger partial charge in [0.05, 0.1) is 5.33 Å². The molecule has 0 unspecified atom stereocenters. The van der Waals surface area contributed by atoms with Gasteiger partial charge in [-0.2, -0.15) is 0 Å². The van der Waals surface area contributed by atoms with Gasteiger partial charge in [0.2, 0.25) is 0 Å². The molecule has 82 valence electrons. The molecule has 0 radical (unpaired) electrons. The maximum Gasteiger partial charge on any atom is 0.132 e. The van der Waals surface area contributed by atoms with Gasteiger partial charge in [-0.1, -0.05) is 36.4 Å². The normalized spacial score (nSPS) is 10.8. The number of hydrogen-bond acceptors (Lipinski definition) is 0. The molecule has 16 heavy (non-hydrogen) atoms. The van der Waals surface area contributed by atoms with E-state index in [1.807, 2.05) is 36.4 Å². The van der Waals surface area contributed by atoms with Crippen molar-refractivity contribution in [3.63, 3.8) is 0 Å². The van der Waals surface area contributed by atoms with E-state index in [1.165, 1.54) is 6.07 Å². The first kappa shape index (κ1) is 12.2. The fourth-order valence-electron chi connectivity index (χ4n) is 1.45. The van der Waals surface area contributed by atoms with Crippen LogP contribution in [0.4, 0.5) is 4.39 Å². The predicted molar refractivity (Wildman–Crippen MR) is 76.2 cm³/mol. The van der Waals surface area contributed by atoms with Crippen LogP contribution in [-0.4, -0.2) is 0 Å². The zero-order chi connectivity index (χ0) is 11.5. The van der Waals surface area contributed by atoms with Gasteiger partial charge in [-0.3, -0.25) is 0 Å². The molecule has 2 rings (SSSR count). The van der Waals surface area contributed by atoms with Gasteiger partial charge in [0.1, 0.15) is 5.82 Å². The molecular weight excluding hydrogens is 354 g/mol. The molecule has 0 saturated heterocycles. The minimum atomic E-state index is -0.773. The van der Waals surface area contributed by atoms with E-state index in [0.29, 0.717) is 5.30 Å². The van der Waals surface area contributed by atoms with Crippen LogP contribution in [0.15, 0.2) is 48.5 Å². The highest BCUT2D eigenvalue weighted by molar-refractivity contribution is 9.70. The summed E-state index contributed by atoms with van der Waals surface area (Å²) in [5.41, 5.74) is 2.13. The van der Waals surface area contributed by atoms with E-state index < -0.39 is 5.33 Å². The van der Waals surface area contributed by atoms with Crippen molar-refractivity contribution in [3.8, 4) is 11.1 Å². The second-order valence-electron chi connectivity index (χ2n) is 3.27. The number of hydrogen-bond donors (Lipinski definition) is 0. The fraction of sp³-hybridized carbons (Fsp3) is 0. The third-order valence-electron chi connectivity index (χ3n) is 2.24. The summed E-state index contributed by atoms with van der Waals surface area (Å²) in [6.07, 6.45) is 0. The van der Waals surface area contributed by atoms with Gasteiger partial charge >= 0.3 is 0 Å². The average molecular weight is 362 g/mol. The average Bonchev–Trinajstić information content (AvgIpc) is 2.30. The van der Waals surface area contributed by atoms with Crippen LogP contribution in [0.25, 0.3) is 11.1 Å². The van der Waals surface area contributed by atoms with Crippen LogP contribution in [0, 0.1) is 5.82 Å². The molecule has 2 aromatic rings. The lowest BCUT2D eigenvalue weighted by atomic mass is 10.1. The van der Waals surface area contributed by atoms with E-state index in [1.54, 1.807) is 6.07 Å². The fourth-order valence-corrected chi connectivity index (χ4v) is 3.56. The monoisotopic (exact) mass is 360 g/mol. The largest absolute Gasteiger partial charge is 0.206 e. The van der Waals surface area contributed by atoms with Gasteiger partial charge in [0, 0.05) is 5.30 Å². The first-order chi connectivity index (χ1) is 7.68. The Hall–Kier alpha value is -0.240. The predicted octanol–water partition coefficient (Wildman–Crippen LogP) is 5.22. The molecule has 0 saturated carbocycles. The highest BCUT2D eigenvalue weighted by atomic mass is 79.9. The van der Waals surface area contributed by atoms with Gasteiger partial charge in [-0.05, 0) is 54.2 Å². The second kappa shape index (κ2) is 5.39. The van der Waals surface area contributed by atoms with E-state index in [4.69, 9.17) is 0 Å². The van der Waals surface area contributed by atoms with E-state index >= 15 is 0 Å². The van der Waals surface area contributed by atoms with Crippen LogP contribution in [0.2, 0.25) is 0 Å². The van der Waals surface area contributed by atoms with Crippen LogP contribution in [-0.2, 0) is 0 Å². The van der Waals surface area contributed by atoms with Gasteiger partial charge in [0.25, 0.3) is 0 Å². The molecule has 0 aliphatic carbocycles. The highest BCUT2D eigenvalue weighted by Crippen LogP contribution is 2.51. The summed E-state index contributed by atoms with van der Waals surface area (Å²) in [7, 11) is 0. The molecule has 0 aliphatic heterocycles. The van der Waals surface area contributed by atoms with E-state index in [9.17, 15) is 4.39 Å². The molecular formula is C12H8Br2FP. The Morgan fingerprint density at radius 3 is 2.19 bits per heavy atom. The molecule has 0 spiro atoms. The molecule has 2 aromatic carbocycles. The molecule has 0 aromatic heterocycles. The number of rotatable bonds is 2. The topological polar surface area (TPSA) is 0 Å². The summed E-state index contributed by atoms with van der Waals surface area (Å²) in [6, 6.07) is 15.1. The summed E-state index contributed by atoms with van der Waals surface area (Å²) in [4.78, 5) is 0. The molecule has 0 bridgehead atoms. The molecule has 0 fully saturated rings. The van der Waals surface area contributed by atoms with Crippen molar-refractivity contribution in [2.45, 2.75) is 0 Å². The summed E-state index contributed by atoms with van der Waals surface area (Å²) >= 11 is 6.76. The van der Waals surface area contributed by atoms with Crippen LogP contribution in [0.5, 0.6) is 0 Å². The van der Waals surface area contributed by atoms with Gasteiger partial charge in [-0.15, -0.1) is 0 Å². The van der Waals surface area contributed by atoms with Crippen LogP contribution in [0.3, 0.4) is 0 Å². The van der Waals surface area contributed by atoms with Gasteiger partial charge < -0.3 is 0 Å². The Balaban J connectivity index is 2.48. The summed E-state index contributed by atoms with van der Waals surface area (Å²) in [5.74, 6) is -0.181. The lowest BCUT2D eigenvalue weighted by Crippen LogP contribution is -2.01. The molecule has 0 atom stereocenters. The molecule has 0 nitrogen and oxygen atoms in total. The SMILES string of the molecule is Fc1ccc(-c2ccccc2)cc1P(Br)Br.